The number of hydrogen-bond acceptors (Lipinski definition) is 7. The van der Waals surface area contributed by atoms with Crippen molar-refractivity contribution in [2.75, 3.05) is 19.5 Å². The standard InChI is InChI=1S/C13H15ClN6O4S/c1-8-15-11(18-13(16-8)23-2)17-12(19-24-3)20-25(21,22)10-7-5-4-6-9(10)14/h4-7H,1-3H3,(H2,15,16,17,18,19,20). The van der Waals surface area contributed by atoms with Gasteiger partial charge >= 0.3 is 6.01 Å². The normalized spacial score (nSPS) is 11.9. The summed E-state index contributed by atoms with van der Waals surface area (Å²) in [5.74, 6) is 0.108. The van der Waals surface area contributed by atoms with Crippen LogP contribution in [0.4, 0.5) is 5.95 Å². The number of ether oxygens (including phenoxy) is 1. The van der Waals surface area contributed by atoms with E-state index >= 15 is 0 Å². The van der Waals surface area contributed by atoms with Gasteiger partial charge in [0.2, 0.25) is 11.9 Å². The van der Waals surface area contributed by atoms with Gasteiger partial charge in [-0.2, -0.15) is 23.4 Å². The lowest BCUT2D eigenvalue weighted by Crippen LogP contribution is -2.31. The first-order valence-electron chi connectivity index (χ1n) is 6.78. The minimum atomic E-state index is -4.11. The number of rotatable bonds is 5. The van der Waals surface area contributed by atoms with Crippen molar-refractivity contribution < 1.29 is 18.0 Å². The molecule has 1 aromatic carbocycles. The molecule has 0 aliphatic carbocycles. The molecule has 0 amide bonds. The Morgan fingerprint density at radius 3 is 2.56 bits per heavy atom. The van der Waals surface area contributed by atoms with Crippen LogP contribution in [0.15, 0.2) is 33.6 Å². The topological polar surface area (TPSA) is 128 Å². The molecule has 0 aliphatic heterocycles. The quantitative estimate of drug-likeness (QED) is 0.441. The molecule has 12 heteroatoms. The monoisotopic (exact) mass is 386 g/mol. The second-order valence-corrected chi connectivity index (χ2v) is 6.45. The van der Waals surface area contributed by atoms with Crippen LogP contribution in [0.5, 0.6) is 6.01 Å². The highest BCUT2D eigenvalue weighted by Crippen LogP contribution is 2.22. The molecule has 0 fully saturated rings. The summed E-state index contributed by atoms with van der Waals surface area (Å²) in [5, 5.41) is 2.63. The molecule has 1 heterocycles. The highest BCUT2D eigenvalue weighted by Gasteiger charge is 2.19. The molecule has 0 saturated heterocycles. The largest absolute Gasteiger partial charge is 0.467 e. The van der Waals surface area contributed by atoms with Crippen molar-refractivity contribution in [3.63, 3.8) is 0 Å². The first-order chi connectivity index (χ1) is 11.9. The molecule has 10 nitrogen and oxygen atoms in total. The number of hydroxylamine groups is 1. The zero-order valence-electron chi connectivity index (χ0n) is 13.5. The summed E-state index contributed by atoms with van der Waals surface area (Å²) in [7, 11) is -1.43. The van der Waals surface area contributed by atoms with Crippen LogP contribution in [0.1, 0.15) is 5.82 Å². The molecule has 25 heavy (non-hydrogen) atoms. The molecule has 0 unspecified atom stereocenters. The molecule has 1 aromatic heterocycles. The molecule has 0 bridgehead atoms. The van der Waals surface area contributed by atoms with Crippen molar-refractivity contribution in [1.82, 2.24) is 20.4 Å². The fraction of sp³-hybridized carbons (Fsp3) is 0.231. The fourth-order valence-electron chi connectivity index (χ4n) is 1.70. The van der Waals surface area contributed by atoms with E-state index in [0.717, 1.165) is 0 Å². The molecule has 2 aromatic rings. The Labute approximate surface area is 149 Å². The summed E-state index contributed by atoms with van der Waals surface area (Å²) in [6.45, 7) is 1.62. The van der Waals surface area contributed by atoms with Crippen LogP contribution in [0.25, 0.3) is 0 Å². The number of anilines is 1. The van der Waals surface area contributed by atoms with Crippen molar-refractivity contribution in [2.24, 2.45) is 4.40 Å². The van der Waals surface area contributed by atoms with Gasteiger partial charge in [0.15, 0.2) is 0 Å². The number of guanidine groups is 1. The van der Waals surface area contributed by atoms with Crippen molar-refractivity contribution in [2.45, 2.75) is 11.8 Å². The van der Waals surface area contributed by atoms with E-state index in [9.17, 15) is 8.42 Å². The van der Waals surface area contributed by atoms with Crippen LogP contribution in [-0.4, -0.2) is 43.5 Å². The van der Waals surface area contributed by atoms with Crippen molar-refractivity contribution in [3.8, 4) is 6.01 Å². The number of halogens is 1. The third-order valence-electron chi connectivity index (χ3n) is 2.66. The van der Waals surface area contributed by atoms with Crippen LogP contribution in [0, 0.1) is 6.92 Å². The molecule has 0 radical (unpaired) electrons. The zero-order valence-corrected chi connectivity index (χ0v) is 15.1. The maximum Gasteiger partial charge on any atom is 0.321 e. The van der Waals surface area contributed by atoms with Crippen molar-refractivity contribution in [3.05, 3.63) is 35.1 Å². The first-order valence-corrected chi connectivity index (χ1v) is 8.59. The number of hydrogen-bond donors (Lipinski definition) is 2. The summed E-state index contributed by atoms with van der Waals surface area (Å²) in [5.41, 5.74) is 2.31. The Bertz CT molecular complexity index is 890. The lowest BCUT2D eigenvalue weighted by molar-refractivity contribution is 0.144. The molecule has 0 saturated carbocycles. The highest BCUT2D eigenvalue weighted by atomic mass is 35.5. The Balaban J connectivity index is 2.39. The average Bonchev–Trinajstić information content (AvgIpc) is 2.54. The van der Waals surface area contributed by atoms with Crippen LogP contribution in [-0.2, 0) is 14.9 Å². The lowest BCUT2D eigenvalue weighted by Gasteiger charge is -2.10. The van der Waals surface area contributed by atoms with Gasteiger partial charge in [-0.15, -0.1) is 4.40 Å². The molecule has 0 atom stereocenters. The van der Waals surface area contributed by atoms with Gasteiger partial charge in [0.05, 0.1) is 19.2 Å². The second kappa shape index (κ2) is 8.05. The van der Waals surface area contributed by atoms with Crippen LogP contribution < -0.4 is 15.5 Å². The van der Waals surface area contributed by atoms with Crippen LogP contribution in [0.3, 0.4) is 0 Å². The summed E-state index contributed by atoms with van der Waals surface area (Å²) in [6, 6.07) is 5.98. The van der Waals surface area contributed by atoms with E-state index in [-0.39, 0.29) is 27.8 Å². The molecule has 2 rings (SSSR count). The predicted octanol–water partition coefficient (Wildman–Crippen LogP) is 1.15. The Morgan fingerprint density at radius 2 is 1.92 bits per heavy atom. The molecular formula is C13H15ClN6O4S. The second-order valence-electron chi connectivity index (χ2n) is 4.47. The first kappa shape index (κ1) is 18.8. The Kier molecular flexibility index (Phi) is 6.07. The smallest absolute Gasteiger partial charge is 0.321 e. The minimum Gasteiger partial charge on any atom is -0.467 e. The number of sulfonamides is 1. The third kappa shape index (κ3) is 4.98. The van der Waals surface area contributed by atoms with E-state index in [2.05, 4.69) is 30.1 Å². The third-order valence-corrected chi connectivity index (χ3v) is 4.44. The van der Waals surface area contributed by atoms with E-state index in [1.165, 1.54) is 32.4 Å². The highest BCUT2D eigenvalue weighted by molar-refractivity contribution is 7.90. The predicted molar refractivity (Wildman–Crippen MR) is 91.0 cm³/mol. The van der Waals surface area contributed by atoms with E-state index in [1.807, 2.05) is 0 Å². The van der Waals surface area contributed by atoms with Gasteiger partial charge < -0.3 is 4.74 Å². The molecule has 2 N–H and O–H groups in total. The number of nitrogens with one attached hydrogen (secondary N) is 2. The minimum absolute atomic E-state index is 0.0157. The zero-order chi connectivity index (χ0) is 18.4. The summed E-state index contributed by atoms with van der Waals surface area (Å²) in [4.78, 5) is 16.5. The summed E-state index contributed by atoms with van der Waals surface area (Å²) in [6.07, 6.45) is 0. The van der Waals surface area contributed by atoms with E-state index < -0.39 is 10.0 Å². The van der Waals surface area contributed by atoms with E-state index in [1.54, 1.807) is 13.0 Å². The van der Waals surface area contributed by atoms with Gasteiger partial charge in [-0.05, 0) is 19.1 Å². The molecular weight excluding hydrogens is 372 g/mol. The maximum absolute atomic E-state index is 12.4. The SMILES string of the molecule is CONC(=NS(=O)(=O)c1ccccc1Cl)Nc1nc(C)nc(OC)n1. The van der Waals surface area contributed by atoms with Crippen LogP contribution >= 0.6 is 11.6 Å². The fourth-order valence-corrected chi connectivity index (χ4v) is 3.11. The number of aryl methyl sites for hydroxylation is 1. The van der Waals surface area contributed by atoms with Gasteiger partial charge in [0.1, 0.15) is 10.7 Å². The van der Waals surface area contributed by atoms with Gasteiger partial charge in [0, 0.05) is 0 Å². The summed E-state index contributed by atoms with van der Waals surface area (Å²) >= 11 is 5.92. The average molecular weight is 387 g/mol. The van der Waals surface area contributed by atoms with Crippen molar-refractivity contribution in [1.29, 1.82) is 0 Å². The lowest BCUT2D eigenvalue weighted by atomic mass is 10.4. The van der Waals surface area contributed by atoms with E-state index in [0.29, 0.717) is 5.82 Å². The van der Waals surface area contributed by atoms with Crippen molar-refractivity contribution >= 4 is 33.5 Å². The number of methoxy groups -OCH3 is 1. The van der Waals surface area contributed by atoms with Crippen LogP contribution in [0.2, 0.25) is 5.02 Å². The maximum atomic E-state index is 12.4. The van der Waals surface area contributed by atoms with Gasteiger partial charge in [-0.1, -0.05) is 23.7 Å². The molecule has 0 spiro atoms. The number of aromatic nitrogens is 3. The van der Waals surface area contributed by atoms with Gasteiger partial charge in [-0.3, -0.25) is 10.2 Å². The Hall–Kier alpha value is -2.50. The molecule has 0 aliphatic rings. The van der Waals surface area contributed by atoms with Gasteiger partial charge in [-0.25, -0.2) is 5.48 Å². The number of nitrogens with zero attached hydrogens (tertiary/aromatic N) is 4. The van der Waals surface area contributed by atoms with E-state index in [4.69, 9.17) is 21.2 Å². The number of benzene rings is 1. The summed E-state index contributed by atoms with van der Waals surface area (Å²) < 4.78 is 33.4. The Morgan fingerprint density at radius 1 is 1.20 bits per heavy atom. The molecule has 134 valence electrons. The van der Waals surface area contributed by atoms with Gasteiger partial charge in [0.25, 0.3) is 10.0 Å².